The molecule has 1 aromatic rings. The molecule has 2 heterocycles. The lowest BCUT2D eigenvalue weighted by Gasteiger charge is -2.27. The Morgan fingerprint density at radius 1 is 1.30 bits per heavy atom. The first-order valence-electron chi connectivity index (χ1n) is 6.47. The molecule has 0 saturated carbocycles. The second-order valence-electron chi connectivity index (χ2n) is 4.57. The molecule has 0 aliphatic carbocycles. The minimum Gasteiger partial charge on any atom is -0.348 e. The lowest BCUT2D eigenvalue weighted by atomic mass is 10.2. The molecule has 0 spiro atoms. The van der Waals surface area contributed by atoms with Crippen LogP contribution in [-0.2, 0) is 4.79 Å². The molecule has 1 aromatic carbocycles. The highest BCUT2D eigenvalue weighted by Crippen LogP contribution is 2.30. The van der Waals surface area contributed by atoms with Crippen LogP contribution in [-0.4, -0.2) is 42.2 Å². The van der Waals surface area contributed by atoms with E-state index in [0.29, 0.717) is 10.5 Å². The maximum atomic E-state index is 13.6. The third-order valence-electron chi connectivity index (χ3n) is 3.19. The molecular weight excluding hydrogens is 277 g/mol. The second-order valence-corrected chi connectivity index (χ2v) is 5.58. The van der Waals surface area contributed by atoms with Gasteiger partial charge in [0.05, 0.1) is 4.91 Å². The molecule has 0 aromatic heterocycles. The van der Waals surface area contributed by atoms with E-state index in [1.54, 1.807) is 24.3 Å². The van der Waals surface area contributed by atoms with Gasteiger partial charge in [0.15, 0.2) is 5.17 Å². The number of nitrogens with one attached hydrogen (secondary N) is 1. The van der Waals surface area contributed by atoms with Crippen LogP contribution in [0.1, 0.15) is 5.56 Å². The summed E-state index contributed by atoms with van der Waals surface area (Å²) in [6, 6.07) is 6.41. The average molecular weight is 291 g/mol. The van der Waals surface area contributed by atoms with Crippen molar-refractivity contribution < 1.29 is 9.18 Å². The summed E-state index contributed by atoms with van der Waals surface area (Å²) < 4.78 is 13.6. The lowest BCUT2D eigenvalue weighted by molar-refractivity contribution is -0.113. The standard InChI is InChI=1S/C14H14FN3OS/c15-11-4-2-1-3-10(11)9-12-13(19)17-14(20-12)18-7-5-16-6-8-18/h1-4,9,16H,5-8H2. The number of aliphatic imine (C=N–C) groups is 1. The minimum atomic E-state index is -0.330. The van der Waals surface area contributed by atoms with Gasteiger partial charge in [0.2, 0.25) is 0 Å². The second kappa shape index (κ2) is 5.76. The highest BCUT2D eigenvalue weighted by molar-refractivity contribution is 8.18. The van der Waals surface area contributed by atoms with Crippen LogP contribution in [0.2, 0.25) is 0 Å². The van der Waals surface area contributed by atoms with Crippen molar-refractivity contribution >= 4 is 28.9 Å². The number of hydrogen-bond acceptors (Lipinski definition) is 4. The van der Waals surface area contributed by atoms with Gasteiger partial charge in [-0.3, -0.25) is 4.79 Å². The van der Waals surface area contributed by atoms with Gasteiger partial charge in [0.1, 0.15) is 5.82 Å². The van der Waals surface area contributed by atoms with Crippen molar-refractivity contribution in [1.82, 2.24) is 10.2 Å². The largest absolute Gasteiger partial charge is 0.348 e. The molecular formula is C14H14FN3OS. The first kappa shape index (κ1) is 13.3. The Hall–Kier alpha value is -1.66. The zero-order chi connectivity index (χ0) is 13.9. The fraction of sp³-hybridized carbons (Fsp3) is 0.286. The normalized spacial score (nSPS) is 21.4. The number of rotatable bonds is 1. The van der Waals surface area contributed by atoms with Gasteiger partial charge >= 0.3 is 0 Å². The summed E-state index contributed by atoms with van der Waals surface area (Å²) in [6.45, 7) is 3.46. The van der Waals surface area contributed by atoms with Gasteiger partial charge in [-0.15, -0.1) is 0 Å². The number of carbonyl (C=O) groups excluding carboxylic acids is 1. The van der Waals surface area contributed by atoms with Gasteiger partial charge in [-0.05, 0) is 23.9 Å². The number of nitrogens with zero attached hydrogens (tertiary/aromatic N) is 2. The molecule has 0 bridgehead atoms. The third kappa shape index (κ3) is 2.76. The molecule has 20 heavy (non-hydrogen) atoms. The van der Waals surface area contributed by atoms with Gasteiger partial charge in [-0.25, -0.2) is 4.39 Å². The quantitative estimate of drug-likeness (QED) is 0.800. The van der Waals surface area contributed by atoms with Crippen molar-refractivity contribution in [2.45, 2.75) is 0 Å². The summed E-state index contributed by atoms with van der Waals surface area (Å²) in [4.78, 5) is 18.5. The van der Waals surface area contributed by atoms with Crippen LogP contribution >= 0.6 is 11.8 Å². The molecule has 6 heteroatoms. The predicted molar refractivity (Wildman–Crippen MR) is 78.9 cm³/mol. The van der Waals surface area contributed by atoms with Crippen LogP contribution in [0.5, 0.6) is 0 Å². The Morgan fingerprint density at radius 2 is 2.05 bits per heavy atom. The van der Waals surface area contributed by atoms with E-state index in [4.69, 9.17) is 0 Å². The van der Waals surface area contributed by atoms with E-state index >= 15 is 0 Å². The number of benzene rings is 1. The van der Waals surface area contributed by atoms with Gasteiger partial charge in [0.25, 0.3) is 5.91 Å². The number of hydrogen-bond donors (Lipinski definition) is 1. The Balaban J connectivity index is 1.78. The monoisotopic (exact) mass is 291 g/mol. The van der Waals surface area contributed by atoms with Gasteiger partial charge in [-0.2, -0.15) is 4.99 Å². The van der Waals surface area contributed by atoms with Crippen LogP contribution in [0.3, 0.4) is 0 Å². The third-order valence-corrected chi connectivity index (χ3v) is 4.23. The van der Waals surface area contributed by atoms with Crippen LogP contribution in [0.15, 0.2) is 34.2 Å². The van der Waals surface area contributed by atoms with Crippen LogP contribution in [0, 0.1) is 5.82 Å². The van der Waals surface area contributed by atoms with Crippen LogP contribution in [0.4, 0.5) is 4.39 Å². The van der Waals surface area contributed by atoms with Crippen LogP contribution in [0.25, 0.3) is 6.08 Å². The summed E-state index contributed by atoms with van der Waals surface area (Å²) in [5.41, 5.74) is 0.417. The molecule has 0 radical (unpaired) electrons. The number of amides is 1. The first-order chi connectivity index (χ1) is 9.74. The Kier molecular flexibility index (Phi) is 3.84. The van der Waals surface area contributed by atoms with Gasteiger partial charge < -0.3 is 10.2 Å². The summed E-state index contributed by atoms with van der Waals surface area (Å²) in [5.74, 6) is -0.615. The summed E-state index contributed by atoms with van der Waals surface area (Å²) in [5, 5.41) is 3.97. The van der Waals surface area contributed by atoms with Crippen molar-refractivity contribution in [3.8, 4) is 0 Å². The molecule has 1 fully saturated rings. The fourth-order valence-electron chi connectivity index (χ4n) is 2.12. The highest BCUT2D eigenvalue weighted by atomic mass is 32.2. The van der Waals surface area contributed by atoms with E-state index < -0.39 is 0 Å². The Labute approximate surface area is 120 Å². The Morgan fingerprint density at radius 3 is 2.80 bits per heavy atom. The van der Waals surface area contributed by atoms with Crippen molar-refractivity contribution in [2.75, 3.05) is 26.2 Å². The smallest absolute Gasteiger partial charge is 0.286 e. The van der Waals surface area contributed by atoms with Crippen molar-refractivity contribution in [2.24, 2.45) is 4.99 Å². The molecule has 3 rings (SSSR count). The topological polar surface area (TPSA) is 44.7 Å². The molecule has 4 nitrogen and oxygen atoms in total. The molecule has 0 unspecified atom stereocenters. The zero-order valence-electron chi connectivity index (χ0n) is 10.8. The van der Waals surface area contributed by atoms with Crippen molar-refractivity contribution in [1.29, 1.82) is 0 Å². The average Bonchev–Trinajstić information content (AvgIpc) is 2.84. The molecule has 1 amide bonds. The molecule has 104 valence electrons. The first-order valence-corrected chi connectivity index (χ1v) is 7.28. The number of halogens is 1. The summed E-state index contributed by atoms with van der Waals surface area (Å²) in [6.07, 6.45) is 1.57. The maximum Gasteiger partial charge on any atom is 0.286 e. The fourth-order valence-corrected chi connectivity index (χ4v) is 3.08. The van der Waals surface area contributed by atoms with E-state index in [2.05, 4.69) is 15.2 Å². The molecule has 2 aliphatic rings. The Bertz CT molecular complexity index is 594. The number of piperazine rings is 1. The SMILES string of the molecule is O=C1N=C(N2CCNCC2)SC1=Cc1ccccc1F. The molecule has 1 saturated heterocycles. The lowest BCUT2D eigenvalue weighted by Crippen LogP contribution is -2.45. The summed E-state index contributed by atoms with van der Waals surface area (Å²) in [7, 11) is 0. The van der Waals surface area contributed by atoms with Gasteiger partial charge in [-0.1, -0.05) is 18.2 Å². The molecule has 2 aliphatic heterocycles. The van der Waals surface area contributed by atoms with E-state index in [1.165, 1.54) is 17.8 Å². The number of amidine groups is 1. The minimum absolute atomic E-state index is 0.285. The predicted octanol–water partition coefficient (Wildman–Crippen LogP) is 1.70. The van der Waals surface area contributed by atoms with Crippen molar-refractivity contribution in [3.63, 3.8) is 0 Å². The van der Waals surface area contributed by atoms with Gasteiger partial charge in [0, 0.05) is 31.7 Å². The summed E-state index contributed by atoms with van der Waals surface area (Å²) >= 11 is 1.32. The zero-order valence-corrected chi connectivity index (χ0v) is 11.6. The number of thioether (sulfide) groups is 1. The molecule has 1 N–H and O–H groups in total. The van der Waals surface area contributed by atoms with Crippen molar-refractivity contribution in [3.05, 3.63) is 40.6 Å². The van der Waals surface area contributed by atoms with E-state index in [1.807, 2.05) is 0 Å². The number of carbonyl (C=O) groups is 1. The highest BCUT2D eigenvalue weighted by Gasteiger charge is 2.26. The van der Waals surface area contributed by atoms with Crippen LogP contribution < -0.4 is 5.32 Å². The van der Waals surface area contributed by atoms with E-state index in [-0.39, 0.29) is 11.7 Å². The molecule has 0 atom stereocenters. The maximum absolute atomic E-state index is 13.6. The van der Waals surface area contributed by atoms with E-state index in [0.717, 1.165) is 31.3 Å². The van der Waals surface area contributed by atoms with E-state index in [9.17, 15) is 9.18 Å².